The van der Waals surface area contributed by atoms with Crippen molar-refractivity contribution in [2.45, 2.75) is 43.4 Å². The van der Waals surface area contributed by atoms with Gasteiger partial charge >= 0.3 is 0 Å². The van der Waals surface area contributed by atoms with Crippen LogP contribution in [0, 0.1) is 18.3 Å². The van der Waals surface area contributed by atoms with Crippen LogP contribution in [0.5, 0.6) is 5.75 Å². The Morgan fingerprint density at radius 3 is 2.48 bits per heavy atom. The highest BCUT2D eigenvalue weighted by Gasteiger charge is 2.66. The maximum atomic E-state index is 13.1. The van der Waals surface area contributed by atoms with Crippen molar-refractivity contribution in [3.63, 3.8) is 0 Å². The van der Waals surface area contributed by atoms with Crippen LogP contribution >= 0.6 is 0 Å². The Morgan fingerprint density at radius 2 is 1.84 bits per heavy atom. The average Bonchev–Trinajstić information content (AvgIpc) is 3.33. The summed E-state index contributed by atoms with van der Waals surface area (Å²) >= 11 is 0. The van der Waals surface area contributed by atoms with Crippen LogP contribution in [0.15, 0.2) is 47.4 Å². The smallest absolute Gasteiger partial charge is 0.244 e. The van der Waals surface area contributed by atoms with Gasteiger partial charge in [0, 0.05) is 5.56 Å². The van der Waals surface area contributed by atoms with E-state index in [0.717, 1.165) is 11.1 Å². The van der Waals surface area contributed by atoms with Gasteiger partial charge in [0.15, 0.2) is 0 Å². The molecule has 2 heterocycles. The van der Waals surface area contributed by atoms with Gasteiger partial charge in [-0.2, -0.15) is 9.57 Å². The van der Waals surface area contributed by atoms with E-state index in [4.69, 9.17) is 10.00 Å². The molecule has 3 atom stereocenters. The quantitative estimate of drug-likeness (QED) is 0.777. The summed E-state index contributed by atoms with van der Waals surface area (Å²) in [7, 11) is -3.63. The van der Waals surface area contributed by atoms with Gasteiger partial charge in [-0.05, 0) is 51.1 Å². The van der Waals surface area contributed by atoms with Gasteiger partial charge in [0.05, 0.1) is 28.6 Å². The minimum atomic E-state index is -3.63. The molecular weight excluding hydrogens is 336 g/mol. The normalized spacial score (nSPS) is 25.9. The van der Waals surface area contributed by atoms with Crippen LogP contribution in [0.3, 0.4) is 0 Å². The molecule has 2 aromatic rings. The van der Waals surface area contributed by atoms with E-state index in [-0.39, 0.29) is 17.0 Å². The minimum Gasteiger partial charge on any atom is -0.486 e. The fraction of sp³-hybridized carbons (Fsp3) is 0.316. The topological polar surface area (TPSA) is 70.2 Å². The van der Waals surface area contributed by atoms with Crippen LogP contribution < -0.4 is 4.74 Å². The zero-order valence-electron chi connectivity index (χ0n) is 14.2. The fourth-order valence-electron chi connectivity index (χ4n) is 3.62. The minimum absolute atomic E-state index is 0.278. The van der Waals surface area contributed by atoms with Crippen molar-refractivity contribution in [1.29, 1.82) is 5.26 Å². The lowest BCUT2D eigenvalue weighted by molar-refractivity contribution is 0.0903. The molecule has 0 aromatic heterocycles. The first-order chi connectivity index (χ1) is 11.8. The van der Waals surface area contributed by atoms with Crippen molar-refractivity contribution in [3.05, 3.63) is 59.2 Å². The van der Waals surface area contributed by atoms with Gasteiger partial charge in [0.25, 0.3) is 0 Å². The highest BCUT2D eigenvalue weighted by Crippen LogP contribution is 2.58. The number of rotatable bonds is 2. The lowest BCUT2D eigenvalue weighted by Crippen LogP contribution is -2.39. The molecule has 6 heteroatoms. The predicted octanol–water partition coefficient (Wildman–Crippen LogP) is 3.15. The number of hydrogen-bond donors (Lipinski definition) is 0. The molecular formula is C19H18N2O3S. The first-order valence-electron chi connectivity index (χ1n) is 8.09. The lowest BCUT2D eigenvalue weighted by atomic mass is 9.93. The lowest BCUT2D eigenvalue weighted by Gasteiger charge is -2.30. The Kier molecular flexibility index (Phi) is 3.27. The largest absolute Gasteiger partial charge is 0.486 e. The van der Waals surface area contributed by atoms with Gasteiger partial charge in [-0.3, -0.25) is 0 Å². The van der Waals surface area contributed by atoms with E-state index in [2.05, 4.69) is 6.07 Å². The monoisotopic (exact) mass is 354 g/mol. The summed E-state index contributed by atoms with van der Waals surface area (Å²) in [6.07, 6.45) is 0. The first-order valence-corrected chi connectivity index (χ1v) is 9.53. The number of benzene rings is 2. The molecule has 0 saturated carbocycles. The number of sulfonamides is 1. The Bertz CT molecular complexity index is 1000. The highest BCUT2D eigenvalue weighted by atomic mass is 32.2. The fourth-order valence-corrected chi connectivity index (χ4v) is 5.49. The van der Waals surface area contributed by atoms with E-state index in [1.165, 1.54) is 4.31 Å². The third kappa shape index (κ3) is 2.35. The molecule has 128 valence electrons. The third-order valence-corrected chi connectivity index (χ3v) is 6.77. The average molecular weight is 354 g/mol. The molecule has 25 heavy (non-hydrogen) atoms. The summed E-state index contributed by atoms with van der Waals surface area (Å²) in [5.41, 5.74) is 1.64. The number of nitriles is 1. The summed E-state index contributed by atoms with van der Waals surface area (Å²) in [4.78, 5) is 0.279. The second kappa shape index (κ2) is 5.07. The van der Waals surface area contributed by atoms with Crippen LogP contribution in [0.25, 0.3) is 0 Å². The molecule has 0 radical (unpaired) electrons. The maximum absolute atomic E-state index is 13.1. The first kappa shape index (κ1) is 16.1. The molecule has 3 unspecified atom stereocenters. The molecule has 2 aromatic carbocycles. The molecule has 5 nitrogen and oxygen atoms in total. The zero-order valence-corrected chi connectivity index (χ0v) is 15.0. The Hall–Kier alpha value is -2.36. The van der Waals surface area contributed by atoms with E-state index in [0.29, 0.717) is 11.3 Å². The molecule has 1 fully saturated rings. The van der Waals surface area contributed by atoms with Gasteiger partial charge in [-0.25, -0.2) is 8.42 Å². The molecule has 0 bridgehead atoms. The molecule has 0 N–H and O–H groups in total. The summed E-state index contributed by atoms with van der Waals surface area (Å²) in [6, 6.07) is 13.6. The second-order valence-electron chi connectivity index (χ2n) is 7.11. The van der Waals surface area contributed by atoms with E-state index in [1.807, 2.05) is 20.8 Å². The maximum Gasteiger partial charge on any atom is 0.244 e. The van der Waals surface area contributed by atoms with Gasteiger partial charge in [0.1, 0.15) is 11.4 Å². The molecule has 0 amide bonds. The van der Waals surface area contributed by atoms with Crippen molar-refractivity contribution in [3.8, 4) is 11.8 Å². The van der Waals surface area contributed by atoms with Gasteiger partial charge in [-0.1, -0.05) is 17.7 Å². The van der Waals surface area contributed by atoms with Crippen molar-refractivity contribution in [1.82, 2.24) is 4.31 Å². The predicted molar refractivity (Wildman–Crippen MR) is 92.6 cm³/mol. The standard InChI is InChI=1S/C19H18N2O3S/c1-12-4-7-14(8-5-12)25(22,23)21-17-15-10-13(11-20)6-9-16(15)24-19(2,3)18(17)21/h4-10,17-18H,1-3H3. The van der Waals surface area contributed by atoms with Gasteiger partial charge < -0.3 is 4.74 Å². The van der Waals surface area contributed by atoms with Crippen LogP contribution in [0.4, 0.5) is 0 Å². The van der Waals surface area contributed by atoms with E-state index in [9.17, 15) is 8.42 Å². The molecule has 2 aliphatic heterocycles. The number of nitrogens with zero attached hydrogens (tertiary/aromatic N) is 2. The summed E-state index contributed by atoms with van der Waals surface area (Å²) < 4.78 is 33.8. The Labute approximate surface area is 147 Å². The van der Waals surface area contributed by atoms with Crippen molar-refractivity contribution in [2.24, 2.45) is 0 Å². The Balaban J connectivity index is 1.81. The summed E-state index contributed by atoms with van der Waals surface area (Å²) in [5, 5.41) is 9.15. The molecule has 0 aliphatic carbocycles. The van der Waals surface area contributed by atoms with Crippen molar-refractivity contribution >= 4 is 10.0 Å². The zero-order chi connectivity index (χ0) is 18.0. The number of hydrogen-bond acceptors (Lipinski definition) is 4. The van der Waals surface area contributed by atoms with E-state index in [1.54, 1.807) is 42.5 Å². The number of ether oxygens (including phenoxy) is 1. The highest BCUT2D eigenvalue weighted by molar-refractivity contribution is 7.89. The van der Waals surface area contributed by atoms with Gasteiger partial charge in [0.2, 0.25) is 10.0 Å². The van der Waals surface area contributed by atoms with Crippen molar-refractivity contribution in [2.75, 3.05) is 0 Å². The molecule has 2 aliphatic rings. The Morgan fingerprint density at radius 1 is 1.16 bits per heavy atom. The van der Waals surface area contributed by atoms with Crippen molar-refractivity contribution < 1.29 is 13.2 Å². The SMILES string of the molecule is Cc1ccc(S(=O)(=O)N2C3c4cc(C#N)ccc4OC(C)(C)C32)cc1. The molecule has 4 rings (SSSR count). The molecule has 0 spiro atoms. The number of aryl methyl sites for hydroxylation is 1. The van der Waals surface area contributed by atoms with Gasteiger partial charge in [-0.15, -0.1) is 0 Å². The third-order valence-electron chi connectivity index (χ3n) is 4.90. The van der Waals surface area contributed by atoms with E-state index < -0.39 is 15.6 Å². The second-order valence-corrected chi connectivity index (χ2v) is 8.95. The van der Waals surface area contributed by atoms with Crippen LogP contribution in [0.2, 0.25) is 0 Å². The molecule has 1 saturated heterocycles. The number of fused-ring (bicyclic) bond motifs is 3. The van der Waals surface area contributed by atoms with Crippen LogP contribution in [-0.4, -0.2) is 24.4 Å². The summed E-state index contributed by atoms with van der Waals surface area (Å²) in [6.45, 7) is 5.72. The van der Waals surface area contributed by atoms with Crippen LogP contribution in [0.1, 0.15) is 36.6 Å². The summed E-state index contributed by atoms with van der Waals surface area (Å²) in [5.74, 6) is 0.645. The van der Waals surface area contributed by atoms with E-state index >= 15 is 0 Å². The van der Waals surface area contributed by atoms with Crippen LogP contribution in [-0.2, 0) is 10.0 Å².